The molecule has 0 saturated carbocycles. The van der Waals surface area contributed by atoms with E-state index in [9.17, 15) is 143 Å². The number of hydrogen-bond donors (Lipinski definition) is 28. The number of aliphatic hydroxyl groups is 28. The van der Waals surface area contributed by atoms with Crippen LogP contribution in [0, 0.1) is 0 Å². The molecule has 9 aliphatic rings. The van der Waals surface area contributed by atoms with Crippen LogP contribution in [0.15, 0.2) is 5.11 Å². The first-order chi connectivity index (χ1) is 50.9. The van der Waals surface area contributed by atoms with E-state index in [-0.39, 0.29) is 19.4 Å². The summed E-state index contributed by atoms with van der Waals surface area (Å²) in [5.41, 5.74) is 8.80. The van der Waals surface area contributed by atoms with Gasteiger partial charge in [-0.3, -0.25) is 0 Å². The Balaban J connectivity index is 1.05. The molecule has 0 bridgehead atoms. The molecule has 0 radical (unpaired) electrons. The Morgan fingerprint density at radius 2 is 0.505 bits per heavy atom. The van der Waals surface area contributed by atoms with Crippen molar-refractivity contribution in [2.45, 2.75) is 308 Å². The van der Waals surface area contributed by atoms with Crippen molar-refractivity contribution in [1.29, 1.82) is 0 Å². The van der Waals surface area contributed by atoms with Gasteiger partial charge in [0.2, 0.25) is 0 Å². The predicted octanol–water partition coefficient (Wildman–Crippen LogP) is -17.4. The highest BCUT2D eigenvalue weighted by atomic mass is 16.8. The van der Waals surface area contributed by atoms with Crippen LogP contribution in [0.3, 0.4) is 0 Å². The summed E-state index contributed by atoms with van der Waals surface area (Å²) in [6, 6.07) is 0. The summed E-state index contributed by atoms with van der Waals surface area (Å²) in [6.45, 7) is -8.36. The van der Waals surface area contributed by atoms with E-state index in [4.69, 9.17) is 86.1 Å². The highest BCUT2D eigenvalue weighted by molar-refractivity contribution is 5.02. The summed E-state index contributed by atoms with van der Waals surface area (Å²) < 4.78 is 99.7. The number of hydrogen-bond acceptors (Lipinski definition) is 46. The van der Waals surface area contributed by atoms with Crippen molar-refractivity contribution < 1.29 is 224 Å². The molecule has 45 unspecified atom stereocenters. The largest absolute Gasteiger partial charge is 0.394 e. The van der Waals surface area contributed by atoms with E-state index < -0.39 is 329 Å². The maximum Gasteiger partial charge on any atom is 0.192 e. The third-order valence-corrected chi connectivity index (χ3v) is 20.1. The highest BCUT2D eigenvalue weighted by Crippen LogP contribution is 2.40. The van der Waals surface area contributed by atoms with Crippen LogP contribution >= 0.6 is 0 Å². The van der Waals surface area contributed by atoms with Crippen LogP contribution < -0.4 is 0 Å². The third-order valence-electron chi connectivity index (χ3n) is 20.1. The Morgan fingerprint density at radius 3 is 0.850 bits per heavy atom. The van der Waals surface area contributed by atoms with Crippen molar-refractivity contribution in [3.05, 3.63) is 10.4 Å². The highest BCUT2D eigenvalue weighted by Gasteiger charge is 2.61. The van der Waals surface area contributed by atoms with Crippen LogP contribution in [0.4, 0.5) is 0 Å². The molecule has 48 heteroatoms. The van der Waals surface area contributed by atoms with Gasteiger partial charge < -0.3 is 224 Å². The lowest BCUT2D eigenvalue weighted by Gasteiger charge is -2.50. The minimum atomic E-state index is -2.55. The van der Waals surface area contributed by atoms with Crippen LogP contribution in [0.25, 0.3) is 10.4 Å². The van der Waals surface area contributed by atoms with Gasteiger partial charge in [-0.1, -0.05) is 24.4 Å². The summed E-state index contributed by atoms with van der Waals surface area (Å²) >= 11 is 0. The van der Waals surface area contributed by atoms with Gasteiger partial charge in [-0.25, -0.2) is 0 Å². The van der Waals surface area contributed by atoms with E-state index in [0.29, 0.717) is 19.3 Å². The van der Waals surface area contributed by atoms with E-state index in [1.807, 2.05) is 0 Å². The molecule has 9 rings (SSSR count). The maximum atomic E-state index is 12.5. The number of rotatable bonds is 31. The molecule has 107 heavy (non-hydrogen) atoms. The van der Waals surface area contributed by atoms with E-state index >= 15 is 0 Å². The van der Waals surface area contributed by atoms with E-state index in [1.54, 1.807) is 0 Å². The fourth-order valence-electron chi connectivity index (χ4n) is 13.7. The average Bonchev–Trinajstić information content (AvgIpc) is 0.772. The monoisotopic (exact) mass is 1570 g/mol. The van der Waals surface area contributed by atoms with Crippen molar-refractivity contribution in [2.75, 3.05) is 59.4 Å². The maximum absolute atomic E-state index is 12.5. The van der Waals surface area contributed by atoms with Crippen LogP contribution in [-0.4, -0.2) is 479 Å². The molecule has 0 aromatic heterocycles. The van der Waals surface area contributed by atoms with Gasteiger partial charge in [0, 0.05) is 11.5 Å². The zero-order chi connectivity index (χ0) is 78.3. The lowest BCUT2D eigenvalue weighted by Crippen LogP contribution is -2.68. The molecule has 622 valence electrons. The molecule has 28 N–H and O–H groups in total. The number of aliphatic hydroxyl groups excluding tert-OH is 28. The number of ether oxygens (including phenoxy) is 17. The van der Waals surface area contributed by atoms with Crippen molar-refractivity contribution in [3.8, 4) is 0 Å². The van der Waals surface area contributed by atoms with Gasteiger partial charge in [0.1, 0.15) is 214 Å². The molecular formula is C59H101N3O45. The molecule has 0 aromatic rings. The van der Waals surface area contributed by atoms with Crippen molar-refractivity contribution in [3.63, 3.8) is 0 Å². The van der Waals surface area contributed by atoms with Crippen LogP contribution in [0.2, 0.25) is 0 Å². The van der Waals surface area contributed by atoms with Crippen LogP contribution in [0.1, 0.15) is 32.1 Å². The fourth-order valence-corrected chi connectivity index (χ4v) is 13.7. The van der Waals surface area contributed by atoms with Gasteiger partial charge in [0.05, 0.1) is 59.0 Å². The summed E-state index contributed by atoms with van der Waals surface area (Å²) in [5, 5.41) is 311. The predicted molar refractivity (Wildman–Crippen MR) is 327 cm³/mol. The van der Waals surface area contributed by atoms with Gasteiger partial charge in [0.25, 0.3) is 0 Å². The Hall–Kier alpha value is -2.49. The van der Waals surface area contributed by atoms with E-state index in [0.717, 1.165) is 0 Å². The van der Waals surface area contributed by atoms with E-state index in [1.165, 1.54) is 0 Å². The quantitative estimate of drug-likeness (QED) is 0.0133. The van der Waals surface area contributed by atoms with E-state index in [2.05, 4.69) is 10.0 Å². The third kappa shape index (κ3) is 19.6. The number of azide groups is 1. The average molecular weight is 1570 g/mol. The van der Waals surface area contributed by atoms with Gasteiger partial charge in [0.15, 0.2) is 56.6 Å². The molecule has 0 aromatic carbocycles. The van der Waals surface area contributed by atoms with Crippen molar-refractivity contribution in [2.24, 2.45) is 5.11 Å². The summed E-state index contributed by atoms with van der Waals surface area (Å²) in [5.74, 6) is 0. The van der Waals surface area contributed by atoms with Gasteiger partial charge in [-0.15, -0.1) is 0 Å². The molecule has 45 atom stereocenters. The summed E-state index contributed by atoms with van der Waals surface area (Å²) in [6.07, 6.45) is -93.7. The summed E-state index contributed by atoms with van der Waals surface area (Å²) in [7, 11) is 0. The van der Waals surface area contributed by atoms with Crippen LogP contribution in [0.5, 0.6) is 0 Å². The number of unbranched alkanes of at least 4 members (excludes halogenated alkanes) is 3. The Morgan fingerprint density at radius 1 is 0.234 bits per heavy atom. The molecule has 0 spiro atoms. The molecule has 9 saturated heterocycles. The number of nitrogens with zero attached hydrogens (tertiary/aromatic N) is 3. The standard InChI is InChI=1S/C59H101N3O45/c60-62-61-6-4-2-1-3-5-15-31(77)45(100-57-49(38(84)29(75)20(11-67)97-57)105-58-48(37(83)28(74)21(12-68)98-58)103-53-41(87)34(80)25(71)17(8-64)94-53)32(78)23(92-15)14-91-51-43(89)46(101-56-47(36(82)27(73)19(10-66)96-56)102-52-40(86)33(79)24(70)16(7-63)93-52)44(90)55(106-51)107-59-50(39(85)30(76)22(13-69)99-59)104-54-42(88)35(81)26(72)18(9-65)95-54/h15-59,63-90H,1-14H2. The molecule has 0 aliphatic carbocycles. The molecule has 0 amide bonds. The lowest BCUT2D eigenvalue weighted by molar-refractivity contribution is -0.429. The lowest BCUT2D eigenvalue weighted by atomic mass is 9.91. The zero-order valence-electron chi connectivity index (χ0n) is 56.7. The Bertz CT molecular complexity index is 2700. The Kier molecular flexibility index (Phi) is 32.8. The smallest absolute Gasteiger partial charge is 0.192 e. The first-order valence-corrected chi connectivity index (χ1v) is 34.6. The molecule has 9 aliphatic heterocycles. The topological polar surface area (TPSA) is 772 Å². The van der Waals surface area contributed by atoms with Crippen molar-refractivity contribution >= 4 is 0 Å². The van der Waals surface area contributed by atoms with Gasteiger partial charge >= 0.3 is 0 Å². The zero-order valence-corrected chi connectivity index (χ0v) is 56.7. The van der Waals surface area contributed by atoms with Gasteiger partial charge in [-0.2, -0.15) is 0 Å². The Labute approximate surface area is 605 Å². The second-order valence-corrected chi connectivity index (χ2v) is 27.2. The fraction of sp³-hybridized carbons (Fsp3) is 1.00. The van der Waals surface area contributed by atoms with Crippen molar-refractivity contribution in [1.82, 2.24) is 0 Å². The minimum Gasteiger partial charge on any atom is -0.394 e. The summed E-state index contributed by atoms with van der Waals surface area (Å²) in [4.78, 5) is 2.72. The minimum absolute atomic E-state index is 0.105. The first kappa shape index (κ1) is 88.5. The first-order valence-electron chi connectivity index (χ1n) is 34.6. The molecule has 9 fully saturated rings. The van der Waals surface area contributed by atoms with Gasteiger partial charge in [-0.05, 0) is 18.4 Å². The molecular weight excluding hydrogens is 1470 g/mol. The SMILES string of the molecule is [N-]=[N+]=NCCCCCCC1OC(COC2OC(OC3OC(CO)C(O)C(O)C3OC3OC(CO)C(O)C(O)C3O)C(O)C(OC3OC(CO)C(O)C(O)C3OC3OC(CO)C(O)C(O)C3O)C2O)C(O)C(OC2OC(CO)C(O)C(O)C2OC2OC(CO)C(O)C(O)C2OC2OC(CO)C(O)C(O)C2O)C1O. The molecule has 9 heterocycles. The second-order valence-electron chi connectivity index (χ2n) is 27.2. The second kappa shape index (κ2) is 39.7. The molecule has 48 nitrogen and oxygen atoms in total. The normalized spacial score (nSPS) is 50.8. The van der Waals surface area contributed by atoms with Crippen LogP contribution in [-0.2, 0) is 80.5 Å².